The van der Waals surface area contributed by atoms with Gasteiger partial charge in [-0.3, -0.25) is 9.69 Å². The molecule has 1 aliphatic rings. The van der Waals surface area contributed by atoms with Crippen LogP contribution in [0.2, 0.25) is 0 Å². The molecule has 0 spiro atoms. The molecule has 0 saturated carbocycles. The van der Waals surface area contributed by atoms with Crippen LogP contribution < -0.4 is 5.73 Å². The van der Waals surface area contributed by atoms with Gasteiger partial charge in [0.2, 0.25) is 0 Å². The molecule has 0 aromatic heterocycles. The van der Waals surface area contributed by atoms with Gasteiger partial charge in [0.05, 0.1) is 11.0 Å². The van der Waals surface area contributed by atoms with Crippen molar-refractivity contribution in [2.24, 2.45) is 5.73 Å². The van der Waals surface area contributed by atoms with Gasteiger partial charge in [-0.05, 0) is 47.7 Å². The summed E-state index contributed by atoms with van der Waals surface area (Å²) in [5.74, 6) is 0.103. The van der Waals surface area contributed by atoms with Crippen LogP contribution in [0, 0.1) is 3.57 Å². The highest BCUT2D eigenvalue weighted by Gasteiger charge is 2.25. The normalized spacial score (nSPS) is 17.8. The molecule has 1 heterocycles. The van der Waals surface area contributed by atoms with Crippen molar-refractivity contribution in [3.8, 4) is 0 Å². The molecular weight excluding hydrogens is 385 g/mol. The number of nitrogens with two attached hydrogens (primary N) is 1. The fourth-order valence-electron chi connectivity index (χ4n) is 2.30. The molecule has 0 bridgehead atoms. The van der Waals surface area contributed by atoms with Crippen LogP contribution in [-0.2, 0) is 0 Å². The van der Waals surface area contributed by atoms with Gasteiger partial charge in [0.15, 0.2) is 0 Å². The van der Waals surface area contributed by atoms with E-state index in [0.29, 0.717) is 4.99 Å². The SMILES string of the molecule is CC(C(N)=S)N1CCN(C(=O)c2cccc(I)c2)CC1. The number of carbonyl (C=O) groups excluding carboxylic acids is 1. The standard InChI is InChI=1S/C14H18IN3OS/c1-10(13(16)20)17-5-7-18(8-6-17)14(19)11-3-2-4-12(15)9-11/h2-4,9-10H,5-8H2,1H3,(H2,16,20). The van der Waals surface area contributed by atoms with E-state index in [-0.39, 0.29) is 11.9 Å². The van der Waals surface area contributed by atoms with E-state index < -0.39 is 0 Å². The minimum atomic E-state index is 0.0972. The molecule has 1 saturated heterocycles. The fraction of sp³-hybridized carbons (Fsp3) is 0.429. The molecule has 1 aromatic rings. The monoisotopic (exact) mass is 403 g/mol. The van der Waals surface area contributed by atoms with Gasteiger partial charge in [-0.25, -0.2) is 0 Å². The van der Waals surface area contributed by atoms with E-state index in [0.717, 1.165) is 35.3 Å². The second-order valence-electron chi connectivity index (χ2n) is 4.92. The van der Waals surface area contributed by atoms with Crippen LogP contribution >= 0.6 is 34.8 Å². The van der Waals surface area contributed by atoms with Gasteiger partial charge in [-0.2, -0.15) is 0 Å². The van der Waals surface area contributed by atoms with Crippen molar-refractivity contribution < 1.29 is 4.79 Å². The summed E-state index contributed by atoms with van der Waals surface area (Å²) < 4.78 is 1.08. The number of rotatable bonds is 3. The van der Waals surface area contributed by atoms with Crippen molar-refractivity contribution in [3.63, 3.8) is 0 Å². The maximum atomic E-state index is 12.4. The molecule has 1 atom stereocenters. The van der Waals surface area contributed by atoms with Crippen LogP contribution in [0.1, 0.15) is 17.3 Å². The summed E-state index contributed by atoms with van der Waals surface area (Å²) in [6, 6.07) is 7.79. The van der Waals surface area contributed by atoms with Crippen LogP contribution in [0.4, 0.5) is 0 Å². The lowest BCUT2D eigenvalue weighted by Crippen LogP contribution is -2.53. The van der Waals surface area contributed by atoms with Crippen LogP contribution in [0.5, 0.6) is 0 Å². The summed E-state index contributed by atoms with van der Waals surface area (Å²) in [6.07, 6.45) is 0. The Morgan fingerprint density at radius 2 is 2.00 bits per heavy atom. The average molecular weight is 403 g/mol. The second kappa shape index (κ2) is 6.82. The highest BCUT2D eigenvalue weighted by Crippen LogP contribution is 2.13. The lowest BCUT2D eigenvalue weighted by Gasteiger charge is -2.37. The molecule has 0 radical (unpaired) electrons. The predicted octanol–water partition coefficient (Wildman–Crippen LogP) is 1.72. The van der Waals surface area contributed by atoms with Crippen molar-refractivity contribution >= 4 is 45.7 Å². The maximum absolute atomic E-state index is 12.4. The van der Waals surface area contributed by atoms with Crippen LogP contribution in [0.3, 0.4) is 0 Å². The van der Waals surface area contributed by atoms with Crippen molar-refractivity contribution in [1.29, 1.82) is 0 Å². The molecule has 1 fully saturated rings. The van der Waals surface area contributed by atoms with Gasteiger partial charge < -0.3 is 10.6 Å². The molecule has 0 aliphatic carbocycles. The Morgan fingerprint density at radius 3 is 2.55 bits per heavy atom. The first-order valence-electron chi connectivity index (χ1n) is 6.57. The first-order valence-corrected chi connectivity index (χ1v) is 8.06. The van der Waals surface area contributed by atoms with E-state index in [1.54, 1.807) is 0 Å². The highest BCUT2D eigenvalue weighted by molar-refractivity contribution is 14.1. The summed E-state index contributed by atoms with van der Waals surface area (Å²) in [5.41, 5.74) is 6.43. The van der Waals surface area contributed by atoms with Crippen LogP contribution in [-0.4, -0.2) is 52.9 Å². The molecular formula is C14H18IN3OS. The van der Waals surface area contributed by atoms with Gasteiger partial charge >= 0.3 is 0 Å². The minimum Gasteiger partial charge on any atom is -0.392 e. The van der Waals surface area contributed by atoms with E-state index in [4.69, 9.17) is 18.0 Å². The zero-order valence-electron chi connectivity index (χ0n) is 11.4. The Bertz CT molecular complexity index is 515. The number of halogens is 1. The number of benzene rings is 1. The van der Waals surface area contributed by atoms with Gasteiger partial charge in [-0.1, -0.05) is 18.3 Å². The molecule has 6 heteroatoms. The lowest BCUT2D eigenvalue weighted by molar-refractivity contribution is 0.0621. The molecule has 108 valence electrons. The minimum absolute atomic E-state index is 0.0972. The van der Waals surface area contributed by atoms with Gasteiger partial charge in [0.1, 0.15) is 0 Å². The zero-order chi connectivity index (χ0) is 14.7. The van der Waals surface area contributed by atoms with Crippen LogP contribution in [0.15, 0.2) is 24.3 Å². The Kier molecular flexibility index (Phi) is 5.34. The highest BCUT2D eigenvalue weighted by atomic mass is 127. The quantitative estimate of drug-likeness (QED) is 0.617. The molecule has 2 N–H and O–H groups in total. The Morgan fingerprint density at radius 1 is 1.35 bits per heavy atom. The van der Waals surface area contributed by atoms with Crippen LogP contribution in [0.25, 0.3) is 0 Å². The van der Waals surface area contributed by atoms with Gasteiger partial charge in [-0.15, -0.1) is 0 Å². The maximum Gasteiger partial charge on any atom is 0.253 e. The van der Waals surface area contributed by atoms with Crippen molar-refractivity contribution in [1.82, 2.24) is 9.80 Å². The average Bonchev–Trinajstić information content (AvgIpc) is 2.46. The van der Waals surface area contributed by atoms with Crippen molar-refractivity contribution in [2.45, 2.75) is 13.0 Å². The smallest absolute Gasteiger partial charge is 0.253 e. The van der Waals surface area contributed by atoms with E-state index in [1.807, 2.05) is 36.1 Å². The fourth-order valence-corrected chi connectivity index (χ4v) is 2.99. The summed E-state index contributed by atoms with van der Waals surface area (Å²) in [7, 11) is 0. The zero-order valence-corrected chi connectivity index (χ0v) is 14.4. The van der Waals surface area contributed by atoms with E-state index in [2.05, 4.69) is 27.5 Å². The van der Waals surface area contributed by atoms with Gasteiger partial charge in [0.25, 0.3) is 5.91 Å². The number of hydrogen-bond acceptors (Lipinski definition) is 3. The van der Waals surface area contributed by atoms with Crippen molar-refractivity contribution in [2.75, 3.05) is 26.2 Å². The number of hydrogen-bond donors (Lipinski definition) is 1. The molecule has 1 amide bonds. The van der Waals surface area contributed by atoms with E-state index in [9.17, 15) is 4.79 Å². The van der Waals surface area contributed by atoms with E-state index >= 15 is 0 Å². The Hall–Kier alpha value is -0.730. The summed E-state index contributed by atoms with van der Waals surface area (Å²) in [6.45, 7) is 5.08. The Labute approximate surface area is 138 Å². The molecule has 20 heavy (non-hydrogen) atoms. The second-order valence-corrected chi connectivity index (χ2v) is 6.63. The van der Waals surface area contributed by atoms with Crippen molar-refractivity contribution in [3.05, 3.63) is 33.4 Å². The number of amides is 1. The summed E-state index contributed by atoms with van der Waals surface area (Å²) in [5, 5.41) is 0. The number of piperazine rings is 1. The molecule has 4 nitrogen and oxygen atoms in total. The largest absolute Gasteiger partial charge is 0.392 e. The number of thiocarbonyl (C=S) groups is 1. The Balaban J connectivity index is 1.97. The van der Waals surface area contributed by atoms with Gasteiger partial charge in [0, 0.05) is 35.3 Å². The first-order chi connectivity index (χ1) is 9.49. The summed E-state index contributed by atoms with van der Waals surface area (Å²) >= 11 is 7.25. The molecule has 1 aliphatic heterocycles. The molecule has 1 unspecified atom stereocenters. The molecule has 1 aromatic carbocycles. The third kappa shape index (κ3) is 3.67. The number of nitrogens with zero attached hydrogens (tertiary/aromatic N) is 2. The number of carbonyl (C=O) groups is 1. The third-order valence-corrected chi connectivity index (χ3v) is 4.64. The first kappa shape index (κ1) is 15.7. The van der Waals surface area contributed by atoms with E-state index in [1.165, 1.54) is 0 Å². The third-order valence-electron chi connectivity index (χ3n) is 3.63. The molecule has 2 rings (SSSR count). The summed E-state index contributed by atoms with van der Waals surface area (Å²) in [4.78, 5) is 17.1. The lowest BCUT2D eigenvalue weighted by atomic mass is 10.1. The topological polar surface area (TPSA) is 49.6 Å². The predicted molar refractivity (Wildman–Crippen MR) is 92.9 cm³/mol.